The normalized spacial score (nSPS) is 16.3. The molecule has 0 saturated heterocycles. The molecule has 0 saturated carbocycles. The van der Waals surface area contributed by atoms with Gasteiger partial charge in [0.25, 0.3) is 0 Å². The minimum absolute atomic E-state index is 0.451. The standard InChI is InChI=1S/C13H12N2O3S/c16-13(17)18-15-7-3-4-9(8-15)12-14-10-5-1-2-6-11(10)19-12/h1-2,4-6H,3,7-8H2,(H,16,17). The molecule has 0 bridgehead atoms. The van der Waals surface area contributed by atoms with Crippen LogP contribution in [-0.4, -0.2) is 34.4 Å². The van der Waals surface area contributed by atoms with E-state index >= 15 is 0 Å². The maximum Gasteiger partial charge on any atom is 0.525 e. The first-order chi connectivity index (χ1) is 9.22. The second-order valence-electron chi connectivity index (χ2n) is 4.23. The van der Waals surface area contributed by atoms with E-state index in [1.165, 1.54) is 5.06 Å². The van der Waals surface area contributed by atoms with Gasteiger partial charge in [-0.25, -0.2) is 9.78 Å². The van der Waals surface area contributed by atoms with Gasteiger partial charge in [-0.15, -0.1) is 16.4 Å². The van der Waals surface area contributed by atoms with Crippen molar-refractivity contribution >= 4 is 33.3 Å². The number of benzene rings is 1. The Morgan fingerprint density at radius 2 is 2.26 bits per heavy atom. The number of carboxylic acid groups (broad SMARTS) is 1. The predicted molar refractivity (Wildman–Crippen MR) is 72.9 cm³/mol. The topological polar surface area (TPSA) is 62.7 Å². The number of nitrogens with zero attached hydrogens (tertiary/aromatic N) is 2. The molecular weight excluding hydrogens is 264 g/mol. The first-order valence-electron chi connectivity index (χ1n) is 5.93. The molecule has 0 fully saturated rings. The largest absolute Gasteiger partial charge is 0.525 e. The minimum Gasteiger partial charge on any atom is -0.448 e. The molecule has 0 radical (unpaired) electrons. The van der Waals surface area contributed by atoms with Crippen LogP contribution in [-0.2, 0) is 4.84 Å². The molecule has 1 aliphatic rings. The molecule has 2 heterocycles. The number of carbonyl (C=O) groups is 1. The Balaban J connectivity index is 1.85. The third kappa shape index (κ3) is 2.59. The number of para-hydroxylation sites is 1. The van der Waals surface area contributed by atoms with Crippen LogP contribution >= 0.6 is 11.3 Å². The molecule has 2 aromatic rings. The van der Waals surface area contributed by atoms with E-state index < -0.39 is 6.16 Å². The fourth-order valence-corrected chi connectivity index (χ4v) is 3.07. The average molecular weight is 276 g/mol. The van der Waals surface area contributed by atoms with E-state index in [0.717, 1.165) is 27.2 Å². The van der Waals surface area contributed by atoms with Gasteiger partial charge in [0.05, 0.1) is 16.8 Å². The SMILES string of the molecule is O=C(O)ON1CCC=C(c2nc3ccccc3s2)C1. The third-order valence-electron chi connectivity index (χ3n) is 2.89. The molecule has 0 aliphatic carbocycles. The highest BCUT2D eigenvalue weighted by molar-refractivity contribution is 7.19. The van der Waals surface area contributed by atoms with Crippen LogP contribution in [0.2, 0.25) is 0 Å². The van der Waals surface area contributed by atoms with Crippen LogP contribution in [0.1, 0.15) is 11.4 Å². The fourth-order valence-electron chi connectivity index (χ4n) is 2.07. The van der Waals surface area contributed by atoms with E-state index in [2.05, 4.69) is 11.1 Å². The highest BCUT2D eigenvalue weighted by Crippen LogP contribution is 2.29. The number of hydrogen-bond acceptors (Lipinski definition) is 5. The van der Waals surface area contributed by atoms with Gasteiger partial charge in [0.15, 0.2) is 0 Å². The van der Waals surface area contributed by atoms with Gasteiger partial charge in [0.1, 0.15) is 5.01 Å². The third-order valence-corrected chi connectivity index (χ3v) is 4.00. The Kier molecular flexibility index (Phi) is 3.18. The summed E-state index contributed by atoms with van der Waals surface area (Å²) in [6.45, 7) is 1.03. The summed E-state index contributed by atoms with van der Waals surface area (Å²) < 4.78 is 1.13. The van der Waals surface area contributed by atoms with Gasteiger partial charge in [-0.05, 0) is 18.6 Å². The Hall–Kier alpha value is -1.92. The maximum absolute atomic E-state index is 10.6. The van der Waals surface area contributed by atoms with E-state index in [4.69, 9.17) is 9.94 Å². The van der Waals surface area contributed by atoms with Crippen molar-refractivity contribution < 1.29 is 14.7 Å². The zero-order valence-corrected chi connectivity index (χ0v) is 10.9. The molecular formula is C13H12N2O3S. The van der Waals surface area contributed by atoms with Gasteiger partial charge in [-0.2, -0.15) is 0 Å². The van der Waals surface area contributed by atoms with Crippen molar-refractivity contribution in [3.63, 3.8) is 0 Å². The van der Waals surface area contributed by atoms with Crippen molar-refractivity contribution in [2.75, 3.05) is 13.1 Å². The molecule has 1 aromatic heterocycles. The van der Waals surface area contributed by atoms with Gasteiger partial charge in [0, 0.05) is 12.1 Å². The van der Waals surface area contributed by atoms with Crippen LogP contribution in [0, 0.1) is 0 Å². The van der Waals surface area contributed by atoms with Crippen molar-refractivity contribution in [2.45, 2.75) is 6.42 Å². The molecule has 1 N–H and O–H groups in total. The van der Waals surface area contributed by atoms with Crippen molar-refractivity contribution in [3.05, 3.63) is 35.3 Å². The van der Waals surface area contributed by atoms with Crippen LogP contribution in [0.25, 0.3) is 15.8 Å². The first kappa shape index (κ1) is 12.1. The van der Waals surface area contributed by atoms with E-state index in [1.54, 1.807) is 11.3 Å². The molecule has 1 aliphatic heterocycles. The van der Waals surface area contributed by atoms with Gasteiger partial charge in [0.2, 0.25) is 0 Å². The summed E-state index contributed by atoms with van der Waals surface area (Å²) in [7, 11) is 0. The molecule has 19 heavy (non-hydrogen) atoms. The summed E-state index contributed by atoms with van der Waals surface area (Å²) in [5.74, 6) is 0. The lowest BCUT2D eigenvalue weighted by atomic mass is 10.1. The van der Waals surface area contributed by atoms with Gasteiger partial charge >= 0.3 is 6.16 Å². The summed E-state index contributed by atoms with van der Waals surface area (Å²) in [5.41, 5.74) is 1.99. The molecule has 5 nitrogen and oxygen atoms in total. The smallest absolute Gasteiger partial charge is 0.448 e. The fraction of sp³-hybridized carbons (Fsp3) is 0.231. The lowest BCUT2D eigenvalue weighted by Crippen LogP contribution is -2.31. The van der Waals surface area contributed by atoms with Crippen molar-refractivity contribution in [2.24, 2.45) is 0 Å². The van der Waals surface area contributed by atoms with E-state index in [-0.39, 0.29) is 0 Å². The molecule has 0 amide bonds. The monoisotopic (exact) mass is 276 g/mol. The summed E-state index contributed by atoms with van der Waals surface area (Å²) >= 11 is 1.62. The number of rotatable bonds is 2. The highest BCUT2D eigenvalue weighted by atomic mass is 32.1. The van der Waals surface area contributed by atoms with Crippen LogP contribution in [0.3, 0.4) is 0 Å². The van der Waals surface area contributed by atoms with E-state index in [1.807, 2.05) is 24.3 Å². The molecule has 0 spiro atoms. The first-order valence-corrected chi connectivity index (χ1v) is 6.75. The Bertz CT molecular complexity index is 617. The number of hydrogen-bond donors (Lipinski definition) is 1. The van der Waals surface area contributed by atoms with Crippen LogP contribution in [0.4, 0.5) is 4.79 Å². The number of aromatic nitrogens is 1. The Morgan fingerprint density at radius 1 is 1.42 bits per heavy atom. The Labute approximate surface area is 113 Å². The van der Waals surface area contributed by atoms with Crippen molar-refractivity contribution in [3.8, 4) is 0 Å². The van der Waals surface area contributed by atoms with Crippen LogP contribution in [0.5, 0.6) is 0 Å². The molecule has 0 unspecified atom stereocenters. The lowest BCUT2D eigenvalue weighted by molar-refractivity contribution is -0.111. The van der Waals surface area contributed by atoms with Gasteiger partial charge in [-0.3, -0.25) is 0 Å². The molecule has 98 valence electrons. The van der Waals surface area contributed by atoms with Gasteiger partial charge < -0.3 is 9.94 Å². The minimum atomic E-state index is -1.27. The molecule has 1 aromatic carbocycles. The second-order valence-corrected chi connectivity index (χ2v) is 5.26. The predicted octanol–water partition coefficient (Wildman–Crippen LogP) is 3.00. The van der Waals surface area contributed by atoms with Crippen molar-refractivity contribution in [1.29, 1.82) is 0 Å². The number of thiazole rings is 1. The van der Waals surface area contributed by atoms with E-state index in [9.17, 15) is 4.79 Å². The zero-order chi connectivity index (χ0) is 13.2. The number of hydroxylamine groups is 2. The van der Waals surface area contributed by atoms with Crippen molar-refractivity contribution in [1.82, 2.24) is 10.0 Å². The van der Waals surface area contributed by atoms with Crippen LogP contribution in [0.15, 0.2) is 30.3 Å². The highest BCUT2D eigenvalue weighted by Gasteiger charge is 2.19. The molecule has 0 atom stereocenters. The van der Waals surface area contributed by atoms with E-state index in [0.29, 0.717) is 13.1 Å². The maximum atomic E-state index is 10.6. The zero-order valence-electron chi connectivity index (χ0n) is 10.1. The molecule has 3 rings (SSSR count). The summed E-state index contributed by atoms with van der Waals surface area (Å²) in [6, 6.07) is 7.95. The second kappa shape index (κ2) is 4.99. The quantitative estimate of drug-likeness (QED) is 0.913. The lowest BCUT2D eigenvalue weighted by Gasteiger charge is -2.23. The Morgan fingerprint density at radius 3 is 3.05 bits per heavy atom. The summed E-state index contributed by atoms with van der Waals surface area (Å²) in [5, 5.41) is 11.0. The van der Waals surface area contributed by atoms with Crippen LogP contribution < -0.4 is 0 Å². The number of fused-ring (bicyclic) bond motifs is 1. The summed E-state index contributed by atoms with van der Waals surface area (Å²) in [4.78, 5) is 19.8. The van der Waals surface area contributed by atoms with Gasteiger partial charge in [-0.1, -0.05) is 18.2 Å². The average Bonchev–Trinajstić information content (AvgIpc) is 2.82. The molecule has 6 heteroatoms. The summed E-state index contributed by atoms with van der Waals surface area (Å²) in [6.07, 6.45) is 1.59.